The third kappa shape index (κ3) is 6.48. The lowest BCUT2D eigenvalue weighted by Crippen LogP contribution is -2.57. The van der Waals surface area contributed by atoms with Gasteiger partial charge in [-0.2, -0.15) is 39.5 Å². The summed E-state index contributed by atoms with van der Waals surface area (Å²) in [6.07, 6.45) is -15.7. The molecule has 1 fully saturated rings. The Hall–Kier alpha value is -3.69. The summed E-state index contributed by atoms with van der Waals surface area (Å²) in [5, 5.41) is 3.73. The van der Waals surface area contributed by atoms with Crippen molar-refractivity contribution >= 4 is 29.3 Å². The minimum Gasteiger partial charge on any atom is -0.374 e. The average Bonchev–Trinajstić information content (AvgIpc) is 3.33. The van der Waals surface area contributed by atoms with Crippen molar-refractivity contribution in [1.82, 2.24) is 15.3 Å². The predicted molar refractivity (Wildman–Crippen MR) is 134 cm³/mol. The van der Waals surface area contributed by atoms with Crippen LogP contribution in [-0.4, -0.2) is 59.5 Å². The van der Waals surface area contributed by atoms with Crippen LogP contribution in [0.4, 0.5) is 44.3 Å². The molecule has 2 heterocycles. The molecule has 4 rings (SSSR count). The molecule has 2 aliphatic heterocycles. The van der Waals surface area contributed by atoms with Gasteiger partial charge in [0.05, 0.1) is 11.3 Å². The Kier molecular flexibility index (Phi) is 8.32. The van der Waals surface area contributed by atoms with Crippen LogP contribution in [-0.2, 0) is 16.6 Å². The zero-order chi connectivity index (χ0) is 32.1. The smallest absolute Gasteiger partial charge is 0.374 e. The van der Waals surface area contributed by atoms with Crippen molar-refractivity contribution in [3.05, 3.63) is 68.7 Å². The lowest BCUT2D eigenvalue weighted by molar-refractivity contribution is -0.276. The van der Waals surface area contributed by atoms with E-state index in [1.54, 1.807) is 0 Å². The average molecular weight is 645 g/mol. The van der Waals surface area contributed by atoms with Gasteiger partial charge in [-0.1, -0.05) is 22.8 Å². The van der Waals surface area contributed by atoms with Crippen LogP contribution in [0.1, 0.15) is 51.0 Å². The molecular weight excluding hydrogens is 623 g/mol. The maximum Gasteiger partial charge on any atom is 0.435 e. The Morgan fingerprint density at radius 1 is 1.05 bits per heavy atom. The number of alkyl halides is 9. The van der Waals surface area contributed by atoms with Gasteiger partial charge in [0.1, 0.15) is 6.54 Å². The van der Waals surface area contributed by atoms with E-state index in [9.17, 15) is 49.1 Å². The molecular formula is C26H22ClF9N4O3. The van der Waals surface area contributed by atoms with Crippen LogP contribution in [0.3, 0.4) is 0 Å². The van der Waals surface area contributed by atoms with Gasteiger partial charge in [0.25, 0.3) is 11.5 Å². The fourth-order valence-corrected chi connectivity index (χ4v) is 5.05. The van der Waals surface area contributed by atoms with Gasteiger partial charge in [-0.25, -0.2) is 9.80 Å². The predicted octanol–water partition coefficient (Wildman–Crippen LogP) is 6.89. The maximum absolute atomic E-state index is 14.5. The highest BCUT2D eigenvalue weighted by molar-refractivity contribution is 6.31. The number of carbonyl (C=O) groups excluding carboxylic acids is 2. The Bertz CT molecular complexity index is 1470. The van der Waals surface area contributed by atoms with Gasteiger partial charge in [0, 0.05) is 35.7 Å². The molecule has 17 heteroatoms. The van der Waals surface area contributed by atoms with Crippen molar-refractivity contribution in [2.75, 3.05) is 19.6 Å². The van der Waals surface area contributed by atoms with Crippen molar-refractivity contribution < 1.29 is 53.9 Å². The number of nitrogens with one attached hydrogen (secondary N) is 1. The number of aryl methyl sites for hydroxylation is 1. The highest BCUT2D eigenvalue weighted by Gasteiger charge is 2.63. The van der Waals surface area contributed by atoms with Gasteiger partial charge in [-0.3, -0.25) is 10.2 Å². The molecule has 234 valence electrons. The molecule has 43 heavy (non-hydrogen) atoms. The number of rotatable bonds is 5. The van der Waals surface area contributed by atoms with E-state index in [0.717, 1.165) is 11.9 Å². The molecule has 0 aliphatic carbocycles. The minimum atomic E-state index is -5.23. The Labute approximate surface area is 243 Å². The monoisotopic (exact) mass is 644 g/mol. The normalized spacial score (nSPS) is 19.8. The van der Waals surface area contributed by atoms with Crippen LogP contribution >= 0.6 is 11.6 Å². The summed E-state index contributed by atoms with van der Waals surface area (Å²) in [5.41, 5.74) is -3.69. The first-order valence-corrected chi connectivity index (χ1v) is 12.9. The van der Waals surface area contributed by atoms with Crippen molar-refractivity contribution in [1.29, 1.82) is 0 Å². The Morgan fingerprint density at radius 2 is 1.72 bits per heavy atom. The molecule has 2 aromatic rings. The Morgan fingerprint density at radius 3 is 2.30 bits per heavy atom. The summed E-state index contributed by atoms with van der Waals surface area (Å²) in [7, 11) is 0. The van der Waals surface area contributed by atoms with Crippen LogP contribution in [0.2, 0.25) is 5.02 Å². The molecule has 1 saturated heterocycles. The minimum absolute atomic E-state index is 0.0494. The standard InChI is InChI=1S/C26H22ClF9N4O3/c1-13-8-15(4-5-17(13)21(41)37-40-7-3-6-39(22(40)42)12-24(28,29)30)20-11-23(43-38-20,26(34,35)36)18-9-16(25(31,32)33)10-19(27)14(18)2/h4-5,8-10H,3,6-7,11-12H2,1-2H3,(H,37,41). The molecule has 1 unspecified atom stereocenters. The summed E-state index contributed by atoms with van der Waals surface area (Å²) in [4.78, 5) is 30.7. The highest BCUT2D eigenvalue weighted by Crippen LogP contribution is 2.51. The maximum atomic E-state index is 14.5. The number of oxime groups is 1. The number of hydrazine groups is 1. The second-order valence-electron chi connectivity index (χ2n) is 10.1. The fraction of sp³-hybridized carbons (Fsp3) is 0.423. The first-order valence-electron chi connectivity index (χ1n) is 12.5. The first-order chi connectivity index (χ1) is 19.7. The molecule has 1 N–H and O–H groups in total. The summed E-state index contributed by atoms with van der Waals surface area (Å²) >= 11 is 5.88. The van der Waals surface area contributed by atoms with Crippen LogP contribution in [0.15, 0.2) is 35.5 Å². The molecule has 2 aliphatic rings. The first kappa shape index (κ1) is 32.2. The van der Waals surface area contributed by atoms with Crippen molar-refractivity contribution in [3.63, 3.8) is 0 Å². The topological polar surface area (TPSA) is 74.2 Å². The number of nitrogens with zero attached hydrogens (tertiary/aromatic N) is 3. The summed E-state index contributed by atoms with van der Waals surface area (Å²) < 4.78 is 122. The number of carbonyl (C=O) groups is 2. The van der Waals surface area contributed by atoms with Crippen molar-refractivity contribution in [2.45, 2.75) is 50.8 Å². The number of benzene rings is 2. The van der Waals surface area contributed by atoms with Crippen LogP contribution in [0, 0.1) is 13.8 Å². The lowest BCUT2D eigenvalue weighted by Gasteiger charge is -2.35. The zero-order valence-corrected chi connectivity index (χ0v) is 23.0. The number of amides is 3. The van der Waals surface area contributed by atoms with Crippen molar-refractivity contribution in [2.24, 2.45) is 5.16 Å². The van der Waals surface area contributed by atoms with E-state index in [0.29, 0.717) is 17.0 Å². The van der Waals surface area contributed by atoms with E-state index in [-0.39, 0.29) is 47.5 Å². The second kappa shape index (κ2) is 11.1. The largest absolute Gasteiger partial charge is 0.435 e. The van der Waals surface area contributed by atoms with Crippen LogP contribution in [0.25, 0.3) is 0 Å². The lowest BCUT2D eigenvalue weighted by atomic mass is 9.83. The second-order valence-corrected chi connectivity index (χ2v) is 10.5. The molecule has 0 spiro atoms. The fourth-order valence-electron chi connectivity index (χ4n) is 4.83. The highest BCUT2D eigenvalue weighted by atomic mass is 35.5. The van der Waals surface area contributed by atoms with E-state index in [1.807, 2.05) is 0 Å². The van der Waals surface area contributed by atoms with Gasteiger partial charge in [0.2, 0.25) is 0 Å². The third-order valence-corrected chi connectivity index (χ3v) is 7.41. The van der Waals surface area contributed by atoms with Gasteiger partial charge in [-0.05, 0) is 61.2 Å². The number of hydrogen-bond acceptors (Lipinski definition) is 4. The quantitative estimate of drug-likeness (QED) is 0.360. The van der Waals surface area contributed by atoms with Gasteiger partial charge in [0.15, 0.2) is 0 Å². The van der Waals surface area contributed by atoms with E-state index in [4.69, 9.17) is 16.4 Å². The van der Waals surface area contributed by atoms with Crippen LogP contribution in [0.5, 0.6) is 0 Å². The zero-order valence-electron chi connectivity index (χ0n) is 22.3. The van der Waals surface area contributed by atoms with E-state index in [1.165, 1.54) is 25.1 Å². The van der Waals surface area contributed by atoms with Gasteiger partial charge in [-0.15, -0.1) is 0 Å². The van der Waals surface area contributed by atoms with Gasteiger partial charge < -0.3 is 9.74 Å². The number of hydrogen-bond donors (Lipinski definition) is 1. The Balaban J connectivity index is 1.58. The summed E-state index contributed by atoms with van der Waals surface area (Å²) in [6.45, 7) is 0.828. The molecule has 0 radical (unpaired) electrons. The molecule has 3 amide bonds. The molecule has 0 aromatic heterocycles. The molecule has 2 aromatic carbocycles. The third-order valence-electron chi connectivity index (χ3n) is 7.01. The van der Waals surface area contributed by atoms with E-state index < -0.39 is 65.2 Å². The summed E-state index contributed by atoms with van der Waals surface area (Å²) in [5.74, 6) is -0.866. The SMILES string of the molecule is Cc1cc(C2=NOC(c3cc(C(F)(F)F)cc(Cl)c3C)(C(F)(F)F)C2)ccc1C(=O)NN1CCCN(CC(F)(F)F)C1=O. The number of urea groups is 1. The van der Waals surface area contributed by atoms with Crippen molar-refractivity contribution in [3.8, 4) is 0 Å². The number of halogens is 10. The molecule has 1 atom stereocenters. The van der Waals surface area contributed by atoms with Crippen LogP contribution < -0.4 is 5.43 Å². The molecule has 7 nitrogen and oxygen atoms in total. The molecule has 0 saturated carbocycles. The summed E-state index contributed by atoms with van der Waals surface area (Å²) in [6, 6.07) is 3.48. The van der Waals surface area contributed by atoms with Gasteiger partial charge >= 0.3 is 24.6 Å². The molecule has 0 bridgehead atoms. The van der Waals surface area contributed by atoms with E-state index in [2.05, 4.69) is 10.6 Å². The van der Waals surface area contributed by atoms with E-state index >= 15 is 0 Å².